The Morgan fingerprint density at radius 2 is 2.14 bits per heavy atom. The highest BCUT2D eigenvalue weighted by molar-refractivity contribution is 5.55. The van der Waals surface area contributed by atoms with E-state index in [-0.39, 0.29) is 0 Å². The molecular formula is C5H12N2. The van der Waals surface area contributed by atoms with Gasteiger partial charge in [0.25, 0.3) is 0 Å². The lowest BCUT2D eigenvalue weighted by atomic mass is 10.6. The fourth-order valence-electron chi connectivity index (χ4n) is 0.245. The van der Waals surface area contributed by atoms with Gasteiger partial charge in [0.2, 0.25) is 0 Å². The van der Waals surface area contributed by atoms with Crippen LogP contribution in [-0.2, 0) is 0 Å². The van der Waals surface area contributed by atoms with E-state index in [2.05, 4.69) is 12.0 Å². The molecule has 7 heavy (non-hydrogen) atoms. The SMILES string of the molecule is CCC=NN(C)C. The molecule has 2 heteroatoms. The molecule has 0 spiro atoms. The number of nitrogens with zero attached hydrogens (tertiary/aromatic N) is 2. The summed E-state index contributed by atoms with van der Waals surface area (Å²) in [5.74, 6) is 0. The van der Waals surface area contributed by atoms with Crippen molar-refractivity contribution in [3.8, 4) is 0 Å². The van der Waals surface area contributed by atoms with E-state index in [1.165, 1.54) is 0 Å². The normalized spacial score (nSPS) is 10.1. The Kier molecular flexibility index (Phi) is 3.38. The van der Waals surface area contributed by atoms with E-state index in [0.717, 1.165) is 6.42 Å². The summed E-state index contributed by atoms with van der Waals surface area (Å²) in [6, 6.07) is 0. The molecule has 0 radical (unpaired) electrons. The molecule has 0 fully saturated rings. The minimum atomic E-state index is 1.01. The van der Waals surface area contributed by atoms with Gasteiger partial charge in [0.1, 0.15) is 0 Å². The third kappa shape index (κ3) is 5.47. The van der Waals surface area contributed by atoms with Crippen LogP contribution in [0, 0.1) is 0 Å². The van der Waals surface area contributed by atoms with Gasteiger partial charge < -0.3 is 5.01 Å². The molecule has 2 nitrogen and oxygen atoms in total. The first-order valence-electron chi connectivity index (χ1n) is 2.47. The van der Waals surface area contributed by atoms with Crippen molar-refractivity contribution in [1.29, 1.82) is 0 Å². The second-order valence-corrected chi connectivity index (χ2v) is 1.55. The maximum Gasteiger partial charge on any atom is 0.0244 e. The topological polar surface area (TPSA) is 15.6 Å². The van der Waals surface area contributed by atoms with Crippen LogP contribution in [0.5, 0.6) is 0 Å². The van der Waals surface area contributed by atoms with Crippen molar-refractivity contribution < 1.29 is 0 Å². The Hall–Kier alpha value is -0.530. The second-order valence-electron chi connectivity index (χ2n) is 1.55. The van der Waals surface area contributed by atoms with Crippen molar-refractivity contribution in [3.05, 3.63) is 0 Å². The lowest BCUT2D eigenvalue weighted by Crippen LogP contribution is -2.00. The molecular weight excluding hydrogens is 88.1 g/mol. The largest absolute Gasteiger partial charge is 0.303 e. The van der Waals surface area contributed by atoms with Gasteiger partial charge in [0.15, 0.2) is 0 Å². The van der Waals surface area contributed by atoms with Crippen molar-refractivity contribution in [1.82, 2.24) is 5.01 Å². The van der Waals surface area contributed by atoms with Crippen LogP contribution in [-0.4, -0.2) is 25.3 Å². The summed E-state index contributed by atoms with van der Waals surface area (Å²) in [4.78, 5) is 0. The van der Waals surface area contributed by atoms with Crippen LogP contribution >= 0.6 is 0 Å². The molecule has 0 aromatic carbocycles. The smallest absolute Gasteiger partial charge is 0.0244 e. The Morgan fingerprint density at radius 3 is 2.29 bits per heavy atom. The van der Waals surface area contributed by atoms with Crippen LogP contribution < -0.4 is 0 Å². The minimum Gasteiger partial charge on any atom is -0.303 e. The van der Waals surface area contributed by atoms with Crippen LogP contribution in [0.2, 0.25) is 0 Å². The Balaban J connectivity index is 3.08. The molecule has 0 atom stereocenters. The second kappa shape index (κ2) is 3.65. The Labute approximate surface area is 44.8 Å². The van der Waals surface area contributed by atoms with Crippen molar-refractivity contribution in [2.24, 2.45) is 5.10 Å². The number of hydrogen-bond donors (Lipinski definition) is 0. The number of hydrazone groups is 1. The quantitative estimate of drug-likeness (QED) is 0.372. The van der Waals surface area contributed by atoms with Crippen molar-refractivity contribution >= 4 is 6.21 Å². The van der Waals surface area contributed by atoms with Gasteiger partial charge in [-0.1, -0.05) is 6.92 Å². The zero-order valence-electron chi connectivity index (χ0n) is 5.18. The molecule has 0 amide bonds. The summed E-state index contributed by atoms with van der Waals surface area (Å²) < 4.78 is 0. The summed E-state index contributed by atoms with van der Waals surface area (Å²) in [6.45, 7) is 2.06. The zero-order valence-corrected chi connectivity index (χ0v) is 5.18. The monoisotopic (exact) mass is 100 g/mol. The van der Waals surface area contributed by atoms with E-state index in [4.69, 9.17) is 0 Å². The first-order chi connectivity index (χ1) is 3.27. The van der Waals surface area contributed by atoms with Gasteiger partial charge >= 0.3 is 0 Å². The Morgan fingerprint density at radius 1 is 1.57 bits per heavy atom. The molecule has 0 saturated heterocycles. The molecule has 0 bridgehead atoms. The lowest BCUT2D eigenvalue weighted by molar-refractivity contribution is 0.439. The first-order valence-corrected chi connectivity index (χ1v) is 2.47. The summed E-state index contributed by atoms with van der Waals surface area (Å²) in [5.41, 5.74) is 0. The number of hydrogen-bond acceptors (Lipinski definition) is 2. The van der Waals surface area contributed by atoms with Crippen molar-refractivity contribution in [2.45, 2.75) is 13.3 Å². The lowest BCUT2D eigenvalue weighted by Gasteiger charge is -1.99. The summed E-state index contributed by atoms with van der Waals surface area (Å²) in [6.07, 6.45) is 2.89. The molecule has 0 rings (SSSR count). The minimum absolute atomic E-state index is 1.01. The predicted molar refractivity (Wildman–Crippen MR) is 32.5 cm³/mol. The van der Waals surface area contributed by atoms with Crippen LogP contribution in [0.4, 0.5) is 0 Å². The van der Waals surface area contributed by atoms with E-state index in [0.29, 0.717) is 0 Å². The van der Waals surface area contributed by atoms with Crippen LogP contribution in [0.15, 0.2) is 5.10 Å². The molecule has 0 aromatic heterocycles. The van der Waals surface area contributed by atoms with Crippen LogP contribution in [0.1, 0.15) is 13.3 Å². The van der Waals surface area contributed by atoms with Gasteiger partial charge in [0.05, 0.1) is 0 Å². The van der Waals surface area contributed by atoms with E-state index < -0.39 is 0 Å². The molecule has 42 valence electrons. The van der Waals surface area contributed by atoms with Gasteiger partial charge in [-0.3, -0.25) is 0 Å². The summed E-state index contributed by atoms with van der Waals surface area (Å²) in [7, 11) is 3.82. The molecule has 0 aliphatic rings. The first kappa shape index (κ1) is 6.47. The van der Waals surface area contributed by atoms with E-state index in [1.54, 1.807) is 5.01 Å². The van der Waals surface area contributed by atoms with Crippen LogP contribution in [0.3, 0.4) is 0 Å². The zero-order chi connectivity index (χ0) is 5.70. The maximum atomic E-state index is 3.95. The molecule has 0 aromatic rings. The van der Waals surface area contributed by atoms with Gasteiger partial charge in [0, 0.05) is 20.3 Å². The fraction of sp³-hybridized carbons (Fsp3) is 0.800. The molecule has 0 aliphatic carbocycles. The van der Waals surface area contributed by atoms with Crippen molar-refractivity contribution in [2.75, 3.05) is 14.1 Å². The van der Waals surface area contributed by atoms with Crippen molar-refractivity contribution in [3.63, 3.8) is 0 Å². The average molecular weight is 100 g/mol. The highest BCUT2D eigenvalue weighted by Gasteiger charge is 1.70. The fourth-order valence-corrected chi connectivity index (χ4v) is 0.245. The van der Waals surface area contributed by atoms with E-state index >= 15 is 0 Å². The van der Waals surface area contributed by atoms with Gasteiger partial charge in [-0.2, -0.15) is 5.10 Å². The average Bonchev–Trinajstić information content (AvgIpc) is 1.61. The molecule has 0 N–H and O–H groups in total. The van der Waals surface area contributed by atoms with Gasteiger partial charge in [-0.15, -0.1) is 0 Å². The number of rotatable bonds is 2. The van der Waals surface area contributed by atoms with Gasteiger partial charge in [-0.25, -0.2) is 0 Å². The summed E-state index contributed by atoms with van der Waals surface area (Å²) in [5, 5.41) is 5.73. The standard InChI is InChI=1S/C5H12N2/c1-4-5-6-7(2)3/h5H,4H2,1-3H3. The van der Waals surface area contributed by atoms with E-state index in [9.17, 15) is 0 Å². The third-order valence-corrected chi connectivity index (χ3v) is 0.495. The summed E-state index contributed by atoms with van der Waals surface area (Å²) >= 11 is 0. The molecule has 0 saturated carbocycles. The van der Waals surface area contributed by atoms with Gasteiger partial charge in [-0.05, 0) is 6.42 Å². The third-order valence-electron chi connectivity index (χ3n) is 0.495. The molecule has 0 unspecified atom stereocenters. The maximum absolute atomic E-state index is 3.95. The van der Waals surface area contributed by atoms with Crippen LogP contribution in [0.25, 0.3) is 0 Å². The highest BCUT2D eigenvalue weighted by Crippen LogP contribution is 1.72. The predicted octanol–water partition coefficient (Wildman–Crippen LogP) is 0.944. The van der Waals surface area contributed by atoms with E-state index in [1.807, 2.05) is 20.3 Å². The molecule has 0 heterocycles. The Bertz CT molecular complexity index is 57.1. The highest BCUT2D eigenvalue weighted by atomic mass is 15.4. The molecule has 0 aliphatic heterocycles.